The summed E-state index contributed by atoms with van der Waals surface area (Å²) in [4.78, 5) is 23.2. The van der Waals surface area contributed by atoms with E-state index in [9.17, 15) is 9.59 Å². The van der Waals surface area contributed by atoms with Crippen LogP contribution in [0.15, 0.2) is 12.1 Å². The molecule has 1 amide bonds. The standard InChI is InChI=1S/C11H14ClNO3S/c1-3-7(2)13-10(14)6-16-11(15)8-4-5-9(12)17-8/h4-5,7H,3,6H2,1-2H3,(H,13,14)/t7-/m0/s1. The number of rotatable bonds is 5. The lowest BCUT2D eigenvalue weighted by Gasteiger charge is -2.10. The molecule has 0 fully saturated rings. The maximum atomic E-state index is 11.5. The summed E-state index contributed by atoms with van der Waals surface area (Å²) in [5, 5.41) is 2.70. The van der Waals surface area contributed by atoms with Crippen LogP contribution in [0.4, 0.5) is 0 Å². The van der Waals surface area contributed by atoms with Crippen LogP contribution in [0.3, 0.4) is 0 Å². The number of hydrogen-bond donors (Lipinski definition) is 1. The van der Waals surface area contributed by atoms with Gasteiger partial charge in [0.2, 0.25) is 0 Å². The first-order valence-corrected chi connectivity index (χ1v) is 6.44. The first-order valence-electron chi connectivity index (χ1n) is 5.24. The lowest BCUT2D eigenvalue weighted by molar-refractivity contribution is -0.124. The minimum absolute atomic E-state index is 0.0809. The highest BCUT2D eigenvalue weighted by atomic mass is 35.5. The van der Waals surface area contributed by atoms with Gasteiger partial charge in [-0.05, 0) is 25.5 Å². The van der Waals surface area contributed by atoms with Crippen LogP contribution in [0.25, 0.3) is 0 Å². The highest BCUT2D eigenvalue weighted by molar-refractivity contribution is 7.17. The van der Waals surface area contributed by atoms with Crippen LogP contribution in [0.1, 0.15) is 29.9 Å². The fourth-order valence-corrected chi connectivity index (χ4v) is 1.98. The first-order chi connectivity index (χ1) is 8.02. The molecule has 0 saturated carbocycles. The van der Waals surface area contributed by atoms with E-state index in [1.807, 2.05) is 13.8 Å². The number of thiophene rings is 1. The summed E-state index contributed by atoms with van der Waals surface area (Å²) in [6, 6.07) is 3.27. The van der Waals surface area contributed by atoms with Crippen LogP contribution < -0.4 is 5.32 Å². The van der Waals surface area contributed by atoms with Crippen molar-refractivity contribution in [3.63, 3.8) is 0 Å². The largest absolute Gasteiger partial charge is 0.451 e. The van der Waals surface area contributed by atoms with Crippen LogP contribution >= 0.6 is 22.9 Å². The van der Waals surface area contributed by atoms with E-state index >= 15 is 0 Å². The summed E-state index contributed by atoms with van der Waals surface area (Å²) < 4.78 is 5.36. The minimum atomic E-state index is -0.527. The van der Waals surface area contributed by atoms with Gasteiger partial charge in [0.15, 0.2) is 6.61 Å². The van der Waals surface area contributed by atoms with E-state index in [1.54, 1.807) is 12.1 Å². The summed E-state index contributed by atoms with van der Waals surface area (Å²) in [5.41, 5.74) is 0. The molecule has 0 aliphatic heterocycles. The Balaban J connectivity index is 2.36. The van der Waals surface area contributed by atoms with E-state index in [2.05, 4.69) is 5.32 Å². The van der Waals surface area contributed by atoms with E-state index in [4.69, 9.17) is 16.3 Å². The summed E-state index contributed by atoms with van der Waals surface area (Å²) in [5.74, 6) is -0.823. The van der Waals surface area contributed by atoms with Gasteiger partial charge in [-0.15, -0.1) is 11.3 Å². The zero-order valence-electron chi connectivity index (χ0n) is 9.66. The van der Waals surface area contributed by atoms with Gasteiger partial charge in [0.25, 0.3) is 5.91 Å². The molecule has 0 aliphatic carbocycles. The van der Waals surface area contributed by atoms with Crippen LogP contribution in [-0.2, 0) is 9.53 Å². The Bertz CT molecular complexity index is 405. The van der Waals surface area contributed by atoms with E-state index in [1.165, 1.54) is 0 Å². The van der Waals surface area contributed by atoms with Crippen molar-refractivity contribution >= 4 is 34.8 Å². The first kappa shape index (κ1) is 14.0. The van der Waals surface area contributed by atoms with Crippen molar-refractivity contribution in [2.45, 2.75) is 26.3 Å². The molecule has 0 unspecified atom stereocenters. The molecule has 0 saturated heterocycles. The number of halogens is 1. The molecule has 17 heavy (non-hydrogen) atoms. The summed E-state index contributed by atoms with van der Waals surface area (Å²) >= 11 is 6.81. The third kappa shape index (κ3) is 4.75. The number of amides is 1. The lowest BCUT2D eigenvalue weighted by atomic mass is 10.2. The Morgan fingerprint density at radius 1 is 1.53 bits per heavy atom. The van der Waals surface area contributed by atoms with Gasteiger partial charge < -0.3 is 10.1 Å². The molecule has 1 rings (SSSR count). The van der Waals surface area contributed by atoms with Gasteiger partial charge in [0, 0.05) is 6.04 Å². The molecular weight excluding hydrogens is 262 g/mol. The number of nitrogens with one attached hydrogen (secondary N) is 1. The number of carbonyl (C=O) groups is 2. The molecule has 1 aromatic rings. The number of ether oxygens (including phenoxy) is 1. The van der Waals surface area contributed by atoms with Crippen molar-refractivity contribution in [3.05, 3.63) is 21.3 Å². The van der Waals surface area contributed by atoms with Crippen molar-refractivity contribution < 1.29 is 14.3 Å². The molecule has 1 N–H and O–H groups in total. The summed E-state index contributed by atoms with van der Waals surface area (Å²) in [6.07, 6.45) is 0.834. The van der Waals surface area contributed by atoms with Crippen LogP contribution in [0, 0.1) is 0 Å². The molecular formula is C11H14ClNO3S. The number of esters is 1. The Labute approximate surface area is 109 Å². The highest BCUT2D eigenvalue weighted by Crippen LogP contribution is 2.21. The second-order valence-corrected chi connectivity index (χ2v) is 5.27. The molecule has 94 valence electrons. The van der Waals surface area contributed by atoms with Crippen molar-refractivity contribution in [1.29, 1.82) is 0 Å². The molecule has 6 heteroatoms. The Morgan fingerprint density at radius 3 is 2.76 bits per heavy atom. The summed E-state index contributed by atoms with van der Waals surface area (Å²) in [6.45, 7) is 3.59. The normalized spacial score (nSPS) is 11.9. The van der Waals surface area contributed by atoms with Gasteiger partial charge in [0.1, 0.15) is 4.88 Å². The number of carbonyl (C=O) groups excluding carboxylic acids is 2. The third-order valence-corrected chi connectivity index (χ3v) is 3.34. The van der Waals surface area contributed by atoms with Gasteiger partial charge in [-0.1, -0.05) is 18.5 Å². The Morgan fingerprint density at radius 2 is 2.24 bits per heavy atom. The van der Waals surface area contributed by atoms with Crippen LogP contribution in [0.2, 0.25) is 4.34 Å². The maximum Gasteiger partial charge on any atom is 0.348 e. The van der Waals surface area contributed by atoms with E-state index in [-0.39, 0.29) is 18.6 Å². The molecule has 0 spiro atoms. The van der Waals surface area contributed by atoms with Gasteiger partial charge in [-0.2, -0.15) is 0 Å². The monoisotopic (exact) mass is 275 g/mol. The molecule has 4 nitrogen and oxygen atoms in total. The van der Waals surface area contributed by atoms with Crippen molar-refractivity contribution in [2.75, 3.05) is 6.61 Å². The quantitative estimate of drug-likeness (QED) is 0.840. The SMILES string of the molecule is CC[C@H](C)NC(=O)COC(=O)c1ccc(Cl)s1. The maximum absolute atomic E-state index is 11.5. The van der Waals surface area contributed by atoms with Gasteiger partial charge in [0.05, 0.1) is 4.34 Å². The molecule has 0 aliphatic rings. The smallest absolute Gasteiger partial charge is 0.348 e. The van der Waals surface area contributed by atoms with Gasteiger partial charge >= 0.3 is 5.97 Å². The zero-order chi connectivity index (χ0) is 12.8. The fourth-order valence-electron chi connectivity index (χ4n) is 1.04. The molecule has 1 heterocycles. The van der Waals surface area contributed by atoms with Crippen LogP contribution in [0.5, 0.6) is 0 Å². The molecule has 0 radical (unpaired) electrons. The predicted octanol–water partition coefficient (Wildman–Crippen LogP) is 2.47. The second-order valence-electron chi connectivity index (χ2n) is 3.56. The van der Waals surface area contributed by atoms with Gasteiger partial charge in [-0.3, -0.25) is 4.79 Å². The van der Waals surface area contributed by atoms with Crippen molar-refractivity contribution in [3.8, 4) is 0 Å². The zero-order valence-corrected chi connectivity index (χ0v) is 11.2. The van der Waals surface area contributed by atoms with E-state index in [0.717, 1.165) is 17.8 Å². The molecule has 0 bridgehead atoms. The fraction of sp³-hybridized carbons (Fsp3) is 0.455. The van der Waals surface area contributed by atoms with E-state index < -0.39 is 5.97 Å². The summed E-state index contributed by atoms with van der Waals surface area (Å²) in [7, 11) is 0. The minimum Gasteiger partial charge on any atom is -0.451 e. The third-order valence-electron chi connectivity index (χ3n) is 2.13. The van der Waals surface area contributed by atoms with Crippen LogP contribution in [-0.4, -0.2) is 24.5 Å². The molecule has 0 aromatic carbocycles. The topological polar surface area (TPSA) is 55.4 Å². The molecule has 1 aromatic heterocycles. The number of hydrogen-bond acceptors (Lipinski definition) is 4. The Hall–Kier alpha value is -1.07. The highest BCUT2D eigenvalue weighted by Gasteiger charge is 2.13. The lowest BCUT2D eigenvalue weighted by Crippen LogP contribution is -2.35. The van der Waals surface area contributed by atoms with E-state index in [0.29, 0.717) is 9.21 Å². The molecule has 1 atom stereocenters. The van der Waals surface area contributed by atoms with Gasteiger partial charge in [-0.25, -0.2) is 4.79 Å². The second kappa shape index (κ2) is 6.61. The Kier molecular flexibility index (Phi) is 5.44. The average molecular weight is 276 g/mol. The predicted molar refractivity (Wildman–Crippen MR) is 67.5 cm³/mol. The van der Waals surface area contributed by atoms with Crippen molar-refractivity contribution in [2.24, 2.45) is 0 Å². The average Bonchev–Trinajstić information content (AvgIpc) is 2.72. The van der Waals surface area contributed by atoms with Crippen molar-refractivity contribution in [1.82, 2.24) is 5.32 Å².